The van der Waals surface area contributed by atoms with E-state index in [1.54, 1.807) is 6.07 Å². The highest BCUT2D eigenvalue weighted by Crippen LogP contribution is 2.24. The lowest BCUT2D eigenvalue weighted by atomic mass is 10.2. The lowest BCUT2D eigenvalue weighted by Gasteiger charge is -2.11. The van der Waals surface area contributed by atoms with E-state index < -0.39 is 12.6 Å². The van der Waals surface area contributed by atoms with E-state index in [-0.39, 0.29) is 18.0 Å². The van der Waals surface area contributed by atoms with Crippen molar-refractivity contribution in [3.8, 4) is 5.75 Å². The fraction of sp³-hybridized carbons (Fsp3) is 0.364. The predicted molar refractivity (Wildman–Crippen MR) is 68.1 cm³/mol. The molecule has 1 aromatic carbocycles. The molecule has 0 bridgehead atoms. The third-order valence-electron chi connectivity index (χ3n) is 2.07. The van der Waals surface area contributed by atoms with Gasteiger partial charge in [0.15, 0.2) is 0 Å². The van der Waals surface area contributed by atoms with Crippen molar-refractivity contribution in [2.75, 3.05) is 6.61 Å². The van der Waals surface area contributed by atoms with Crippen LogP contribution in [0.5, 0.6) is 5.75 Å². The molecule has 2 nitrogen and oxygen atoms in total. The van der Waals surface area contributed by atoms with Crippen molar-refractivity contribution in [2.24, 2.45) is 5.73 Å². The molecule has 7 heteroatoms. The number of nitrogens with two attached hydrogens (primary N) is 1. The van der Waals surface area contributed by atoms with Gasteiger partial charge in [0.05, 0.1) is 12.2 Å². The summed E-state index contributed by atoms with van der Waals surface area (Å²) in [4.78, 5) is 0.0864. The summed E-state index contributed by atoms with van der Waals surface area (Å²) in [7, 11) is 0. The fourth-order valence-corrected chi connectivity index (χ4v) is 1.61. The van der Waals surface area contributed by atoms with Gasteiger partial charge in [0.2, 0.25) is 0 Å². The van der Waals surface area contributed by atoms with E-state index in [1.807, 2.05) is 0 Å². The molecule has 1 rings (SSSR count). The summed E-state index contributed by atoms with van der Waals surface area (Å²) >= 11 is 10.6. The normalized spacial score (nSPS) is 11.3. The van der Waals surface area contributed by atoms with Gasteiger partial charge in [0.25, 0.3) is 0 Å². The molecule has 0 amide bonds. The molecule has 1 aromatic rings. The van der Waals surface area contributed by atoms with E-state index in [4.69, 9.17) is 34.3 Å². The van der Waals surface area contributed by atoms with Gasteiger partial charge in [0.1, 0.15) is 10.7 Å². The zero-order chi connectivity index (χ0) is 13.8. The number of thiocarbonyl (C=S) groups is 1. The number of rotatable bonds is 5. The van der Waals surface area contributed by atoms with E-state index >= 15 is 0 Å². The van der Waals surface area contributed by atoms with E-state index in [2.05, 4.69) is 0 Å². The van der Waals surface area contributed by atoms with Gasteiger partial charge in [-0.05, 0) is 24.6 Å². The summed E-state index contributed by atoms with van der Waals surface area (Å²) in [5.74, 6) is 0.342. The smallest absolute Gasteiger partial charge is 0.389 e. The van der Waals surface area contributed by atoms with Gasteiger partial charge in [-0.3, -0.25) is 0 Å². The van der Waals surface area contributed by atoms with Crippen LogP contribution in [0.2, 0.25) is 5.02 Å². The molecule has 0 aliphatic heterocycles. The van der Waals surface area contributed by atoms with Gasteiger partial charge in [-0.2, -0.15) is 13.2 Å². The van der Waals surface area contributed by atoms with Crippen molar-refractivity contribution in [1.82, 2.24) is 0 Å². The first-order chi connectivity index (χ1) is 8.29. The quantitative estimate of drug-likeness (QED) is 0.665. The van der Waals surface area contributed by atoms with Gasteiger partial charge in [-0.15, -0.1) is 0 Å². The van der Waals surface area contributed by atoms with E-state index in [9.17, 15) is 13.2 Å². The van der Waals surface area contributed by atoms with Crippen molar-refractivity contribution < 1.29 is 17.9 Å². The number of benzene rings is 1. The standard InChI is InChI=1S/C11H11ClF3NOS/c12-7-2-3-9(8(6-7)10(16)18)17-5-1-4-11(13,14)15/h2-3,6H,1,4-5H2,(H2,16,18). The van der Waals surface area contributed by atoms with Crippen molar-refractivity contribution >= 4 is 28.8 Å². The Balaban J connectivity index is 2.59. The second kappa shape index (κ2) is 6.24. The lowest BCUT2D eigenvalue weighted by Crippen LogP contribution is -2.13. The average molecular weight is 298 g/mol. The lowest BCUT2D eigenvalue weighted by molar-refractivity contribution is -0.136. The Morgan fingerprint density at radius 2 is 2.06 bits per heavy atom. The summed E-state index contributed by atoms with van der Waals surface area (Å²) in [6, 6.07) is 4.61. The highest BCUT2D eigenvalue weighted by atomic mass is 35.5. The number of hydrogen-bond acceptors (Lipinski definition) is 2. The van der Waals surface area contributed by atoms with Gasteiger partial charge in [-0.25, -0.2) is 0 Å². The first-order valence-electron chi connectivity index (χ1n) is 5.08. The molecule has 0 radical (unpaired) electrons. The molecule has 0 spiro atoms. The van der Waals surface area contributed by atoms with Gasteiger partial charge < -0.3 is 10.5 Å². The Morgan fingerprint density at radius 1 is 1.39 bits per heavy atom. The summed E-state index contributed by atoms with van der Waals surface area (Å²) in [5.41, 5.74) is 5.89. The van der Waals surface area contributed by atoms with E-state index in [1.165, 1.54) is 12.1 Å². The Morgan fingerprint density at radius 3 is 2.61 bits per heavy atom. The third-order valence-corrected chi connectivity index (χ3v) is 2.52. The highest BCUT2D eigenvalue weighted by Gasteiger charge is 2.26. The molecule has 100 valence electrons. The van der Waals surface area contributed by atoms with Crippen LogP contribution in [0.4, 0.5) is 13.2 Å². The number of halogens is 4. The van der Waals surface area contributed by atoms with Crippen LogP contribution < -0.4 is 10.5 Å². The van der Waals surface area contributed by atoms with Crippen molar-refractivity contribution in [3.05, 3.63) is 28.8 Å². The number of ether oxygens (including phenoxy) is 1. The minimum Gasteiger partial charge on any atom is -0.493 e. The molecule has 0 saturated heterocycles. The Labute approximate surface area is 113 Å². The van der Waals surface area contributed by atoms with Crippen LogP contribution in [-0.2, 0) is 0 Å². The summed E-state index contributed by atoms with van der Waals surface area (Å²) in [5, 5.41) is 0.431. The molecule has 0 saturated carbocycles. The number of hydrogen-bond donors (Lipinski definition) is 1. The minimum absolute atomic E-state index is 0.0588. The molecule has 0 aliphatic carbocycles. The van der Waals surface area contributed by atoms with Crippen molar-refractivity contribution in [2.45, 2.75) is 19.0 Å². The zero-order valence-electron chi connectivity index (χ0n) is 9.26. The van der Waals surface area contributed by atoms with E-state index in [0.29, 0.717) is 16.3 Å². The minimum atomic E-state index is -4.17. The largest absolute Gasteiger partial charge is 0.493 e. The summed E-state index contributed by atoms with van der Waals surface area (Å²) < 4.78 is 41.0. The Kier molecular flexibility index (Phi) is 5.22. The predicted octanol–water partition coefficient (Wildman–Crippen LogP) is 3.70. The van der Waals surface area contributed by atoms with Gasteiger partial charge in [-0.1, -0.05) is 23.8 Å². The molecule has 2 N–H and O–H groups in total. The molecule has 0 aromatic heterocycles. The Bertz CT molecular complexity index is 437. The van der Waals surface area contributed by atoms with Crippen LogP contribution in [-0.4, -0.2) is 17.8 Å². The highest BCUT2D eigenvalue weighted by molar-refractivity contribution is 7.80. The maximum Gasteiger partial charge on any atom is 0.389 e. The monoisotopic (exact) mass is 297 g/mol. The summed E-state index contributed by atoms with van der Waals surface area (Å²) in [6.45, 7) is -0.0588. The van der Waals surface area contributed by atoms with Crippen LogP contribution >= 0.6 is 23.8 Å². The van der Waals surface area contributed by atoms with Crippen LogP contribution in [0.25, 0.3) is 0 Å². The first-order valence-corrected chi connectivity index (χ1v) is 5.87. The van der Waals surface area contributed by atoms with Crippen LogP contribution in [0.15, 0.2) is 18.2 Å². The van der Waals surface area contributed by atoms with Crippen LogP contribution in [0.3, 0.4) is 0 Å². The molecule has 0 heterocycles. The summed E-state index contributed by atoms with van der Waals surface area (Å²) in [6.07, 6.45) is -5.18. The third kappa shape index (κ3) is 5.10. The molecular formula is C11H11ClF3NOS. The zero-order valence-corrected chi connectivity index (χ0v) is 10.8. The Hall–Kier alpha value is -1.01. The van der Waals surface area contributed by atoms with Crippen molar-refractivity contribution in [1.29, 1.82) is 0 Å². The molecular weight excluding hydrogens is 287 g/mol. The second-order valence-corrected chi connectivity index (χ2v) is 4.45. The van der Waals surface area contributed by atoms with E-state index in [0.717, 1.165) is 0 Å². The van der Waals surface area contributed by atoms with Gasteiger partial charge >= 0.3 is 6.18 Å². The maximum atomic E-state index is 11.9. The first kappa shape index (κ1) is 15.0. The molecule has 0 fully saturated rings. The topological polar surface area (TPSA) is 35.2 Å². The molecule has 0 atom stereocenters. The van der Waals surface area contributed by atoms with Crippen molar-refractivity contribution in [3.63, 3.8) is 0 Å². The molecule has 0 unspecified atom stereocenters. The fourth-order valence-electron chi connectivity index (χ4n) is 1.28. The SMILES string of the molecule is NC(=S)c1cc(Cl)ccc1OCCCC(F)(F)F. The number of alkyl halides is 3. The second-order valence-electron chi connectivity index (χ2n) is 3.57. The van der Waals surface area contributed by atoms with Crippen LogP contribution in [0.1, 0.15) is 18.4 Å². The molecule has 0 aliphatic rings. The van der Waals surface area contributed by atoms with Gasteiger partial charge in [0, 0.05) is 11.4 Å². The maximum absolute atomic E-state index is 11.9. The average Bonchev–Trinajstić information content (AvgIpc) is 2.24. The van der Waals surface area contributed by atoms with Crippen LogP contribution in [0, 0.1) is 0 Å². The molecule has 18 heavy (non-hydrogen) atoms.